The van der Waals surface area contributed by atoms with Gasteiger partial charge in [-0.05, 0) is 30.3 Å². The summed E-state index contributed by atoms with van der Waals surface area (Å²) in [6.45, 7) is 1.12. The first-order valence-electron chi connectivity index (χ1n) is 8.38. The Labute approximate surface area is 156 Å². The first kappa shape index (κ1) is 18.0. The van der Waals surface area contributed by atoms with Crippen molar-refractivity contribution in [2.24, 2.45) is 0 Å². The van der Waals surface area contributed by atoms with Crippen molar-refractivity contribution in [3.8, 4) is 11.8 Å². The third kappa shape index (κ3) is 5.09. The van der Waals surface area contributed by atoms with Gasteiger partial charge in [0, 0.05) is 24.8 Å². The number of anilines is 1. The molecule has 1 amide bonds. The Morgan fingerprint density at radius 2 is 2.00 bits per heavy atom. The molecular formula is C20H18N4O3. The number of hydrogen-bond acceptors (Lipinski definition) is 6. The van der Waals surface area contributed by atoms with Crippen LogP contribution < -0.4 is 15.4 Å². The highest BCUT2D eigenvalue weighted by Crippen LogP contribution is 2.15. The van der Waals surface area contributed by atoms with Crippen LogP contribution in [0.25, 0.3) is 0 Å². The predicted octanol–water partition coefficient (Wildman–Crippen LogP) is 2.97. The van der Waals surface area contributed by atoms with Crippen molar-refractivity contribution in [2.75, 3.05) is 18.4 Å². The lowest BCUT2D eigenvalue weighted by molar-refractivity contribution is 0.0924. The van der Waals surface area contributed by atoms with Crippen LogP contribution in [-0.4, -0.2) is 24.0 Å². The van der Waals surface area contributed by atoms with Gasteiger partial charge in [-0.3, -0.25) is 4.79 Å². The summed E-state index contributed by atoms with van der Waals surface area (Å²) in [4.78, 5) is 16.4. The molecule has 0 bridgehead atoms. The second kappa shape index (κ2) is 9.06. The van der Waals surface area contributed by atoms with Crippen molar-refractivity contribution in [3.05, 3.63) is 77.9 Å². The Morgan fingerprint density at radius 3 is 2.74 bits per heavy atom. The highest BCUT2D eigenvalue weighted by molar-refractivity contribution is 5.92. The molecule has 0 aliphatic carbocycles. The fraction of sp³-hybridized carbons (Fsp3) is 0.150. The van der Waals surface area contributed by atoms with E-state index < -0.39 is 0 Å². The zero-order valence-electron chi connectivity index (χ0n) is 14.5. The first-order valence-corrected chi connectivity index (χ1v) is 8.38. The maximum atomic E-state index is 12.3. The molecule has 0 aliphatic heterocycles. The van der Waals surface area contributed by atoms with Crippen LogP contribution in [0.15, 0.2) is 65.4 Å². The summed E-state index contributed by atoms with van der Waals surface area (Å²) < 4.78 is 11.0. The van der Waals surface area contributed by atoms with Crippen LogP contribution in [0.2, 0.25) is 0 Å². The largest absolute Gasteiger partial charge is 0.489 e. The minimum atomic E-state index is -0.304. The van der Waals surface area contributed by atoms with Crippen LogP contribution in [0.3, 0.4) is 0 Å². The van der Waals surface area contributed by atoms with Crippen molar-refractivity contribution in [1.29, 1.82) is 5.26 Å². The van der Waals surface area contributed by atoms with Gasteiger partial charge in [0.1, 0.15) is 24.2 Å². The number of pyridine rings is 1. The molecule has 0 spiro atoms. The Kier molecular flexibility index (Phi) is 6.04. The normalized spacial score (nSPS) is 10.0. The molecule has 3 rings (SSSR count). The fourth-order valence-corrected chi connectivity index (χ4v) is 2.34. The Balaban J connectivity index is 1.45. The van der Waals surface area contributed by atoms with Gasteiger partial charge in [0.15, 0.2) is 5.76 Å². The highest BCUT2D eigenvalue weighted by atomic mass is 16.5. The summed E-state index contributed by atoms with van der Waals surface area (Å²) in [6.07, 6.45) is 2.96. The second-order valence-electron chi connectivity index (χ2n) is 5.60. The number of nitriles is 1. The summed E-state index contributed by atoms with van der Waals surface area (Å²) in [7, 11) is 0. The van der Waals surface area contributed by atoms with E-state index in [4.69, 9.17) is 14.4 Å². The number of benzene rings is 1. The molecule has 0 fully saturated rings. The van der Waals surface area contributed by atoms with Gasteiger partial charge in [-0.25, -0.2) is 4.98 Å². The lowest BCUT2D eigenvalue weighted by Crippen LogP contribution is -2.29. The van der Waals surface area contributed by atoms with Crippen LogP contribution >= 0.6 is 0 Å². The maximum absolute atomic E-state index is 12.3. The molecule has 0 radical (unpaired) electrons. The highest BCUT2D eigenvalue weighted by Gasteiger charge is 2.15. The van der Waals surface area contributed by atoms with E-state index in [2.05, 4.69) is 15.6 Å². The summed E-state index contributed by atoms with van der Waals surface area (Å²) in [6, 6.07) is 16.5. The van der Waals surface area contributed by atoms with Gasteiger partial charge < -0.3 is 19.8 Å². The smallest absolute Gasteiger partial charge is 0.287 e. The number of carbonyl (C=O) groups excluding carboxylic acids is 1. The molecule has 3 aromatic rings. The van der Waals surface area contributed by atoms with E-state index in [0.29, 0.717) is 30.0 Å². The van der Waals surface area contributed by atoms with E-state index in [1.54, 1.807) is 18.2 Å². The molecule has 7 heteroatoms. The monoisotopic (exact) mass is 362 g/mol. The zero-order valence-corrected chi connectivity index (χ0v) is 14.5. The van der Waals surface area contributed by atoms with Gasteiger partial charge in [-0.15, -0.1) is 0 Å². The number of nitrogens with one attached hydrogen (secondary N) is 2. The number of aromatic nitrogens is 1. The molecule has 0 unspecified atom stereocenters. The van der Waals surface area contributed by atoms with Crippen molar-refractivity contribution in [3.63, 3.8) is 0 Å². The lowest BCUT2D eigenvalue weighted by Gasteiger charge is -2.08. The summed E-state index contributed by atoms with van der Waals surface area (Å²) in [5, 5.41) is 14.6. The van der Waals surface area contributed by atoms with E-state index in [9.17, 15) is 4.79 Å². The van der Waals surface area contributed by atoms with E-state index in [-0.39, 0.29) is 18.3 Å². The number of carbonyl (C=O) groups is 1. The number of hydrogen-bond donors (Lipinski definition) is 2. The molecule has 136 valence electrons. The van der Waals surface area contributed by atoms with Crippen LogP contribution in [0.5, 0.6) is 5.75 Å². The SMILES string of the molecule is N#Cc1ccc(NCCNC(=O)c2occc2COc2ccccc2)nc1. The van der Waals surface area contributed by atoms with Gasteiger partial charge in [0.25, 0.3) is 5.91 Å². The van der Waals surface area contributed by atoms with Gasteiger partial charge in [-0.2, -0.15) is 5.26 Å². The number of ether oxygens (including phenoxy) is 1. The zero-order chi connectivity index (χ0) is 18.9. The second-order valence-corrected chi connectivity index (χ2v) is 5.60. The lowest BCUT2D eigenvalue weighted by atomic mass is 10.2. The predicted molar refractivity (Wildman–Crippen MR) is 99.3 cm³/mol. The number of para-hydroxylation sites is 1. The maximum Gasteiger partial charge on any atom is 0.287 e. The quantitative estimate of drug-likeness (QED) is 0.598. The third-order valence-corrected chi connectivity index (χ3v) is 3.70. The van der Waals surface area contributed by atoms with E-state index >= 15 is 0 Å². The number of amides is 1. The molecule has 2 aromatic heterocycles. The third-order valence-electron chi connectivity index (χ3n) is 3.70. The van der Waals surface area contributed by atoms with Gasteiger partial charge in [0.2, 0.25) is 0 Å². The molecule has 7 nitrogen and oxygen atoms in total. The van der Waals surface area contributed by atoms with Gasteiger partial charge in [-0.1, -0.05) is 18.2 Å². The summed E-state index contributed by atoms with van der Waals surface area (Å²) in [5.74, 6) is 1.30. The molecule has 27 heavy (non-hydrogen) atoms. The van der Waals surface area contributed by atoms with E-state index in [0.717, 1.165) is 5.75 Å². The average molecular weight is 362 g/mol. The van der Waals surface area contributed by atoms with E-state index in [1.165, 1.54) is 12.5 Å². The van der Waals surface area contributed by atoms with Crippen molar-refractivity contribution in [1.82, 2.24) is 10.3 Å². The van der Waals surface area contributed by atoms with E-state index in [1.807, 2.05) is 36.4 Å². The fourth-order valence-electron chi connectivity index (χ4n) is 2.34. The molecule has 1 aromatic carbocycles. The Morgan fingerprint density at radius 1 is 1.15 bits per heavy atom. The molecule has 2 heterocycles. The molecule has 0 atom stereocenters. The van der Waals surface area contributed by atoms with Gasteiger partial charge >= 0.3 is 0 Å². The van der Waals surface area contributed by atoms with Crippen LogP contribution in [0.4, 0.5) is 5.82 Å². The van der Waals surface area contributed by atoms with Gasteiger partial charge in [0.05, 0.1) is 11.8 Å². The molecule has 0 aliphatic rings. The molecular weight excluding hydrogens is 344 g/mol. The van der Waals surface area contributed by atoms with Crippen molar-refractivity contribution in [2.45, 2.75) is 6.61 Å². The first-order chi connectivity index (χ1) is 13.3. The minimum absolute atomic E-state index is 0.238. The van der Waals surface area contributed by atoms with Crippen LogP contribution in [-0.2, 0) is 6.61 Å². The topological polar surface area (TPSA) is 100 Å². The standard InChI is InChI=1S/C20H18N4O3/c21-12-15-6-7-18(24-13-15)22-9-10-23-20(25)19-16(8-11-26-19)14-27-17-4-2-1-3-5-17/h1-8,11,13H,9-10,14H2,(H,22,24)(H,23,25). The summed E-state index contributed by atoms with van der Waals surface area (Å²) in [5.41, 5.74) is 1.18. The number of nitrogens with zero attached hydrogens (tertiary/aromatic N) is 2. The summed E-state index contributed by atoms with van der Waals surface area (Å²) >= 11 is 0. The molecule has 0 saturated carbocycles. The van der Waals surface area contributed by atoms with Crippen LogP contribution in [0, 0.1) is 11.3 Å². The van der Waals surface area contributed by atoms with Crippen LogP contribution in [0.1, 0.15) is 21.7 Å². The average Bonchev–Trinajstić information content (AvgIpc) is 3.19. The molecule has 2 N–H and O–H groups in total. The number of rotatable bonds is 8. The van der Waals surface area contributed by atoms with Crippen molar-refractivity contribution < 1.29 is 13.9 Å². The Bertz CT molecular complexity index is 914. The minimum Gasteiger partial charge on any atom is -0.489 e. The Hall–Kier alpha value is -3.79. The van der Waals surface area contributed by atoms with Crippen molar-refractivity contribution >= 4 is 11.7 Å². The number of furan rings is 1. The molecule has 0 saturated heterocycles.